The Hall–Kier alpha value is -1.54. The zero-order valence-corrected chi connectivity index (χ0v) is 12.0. The molecule has 0 aliphatic heterocycles. The fraction of sp³-hybridized carbons (Fsp3) is 0.462. The lowest BCUT2D eigenvalue weighted by atomic mass is 9.98. The topological polar surface area (TPSA) is 86.5 Å². The van der Waals surface area contributed by atoms with E-state index >= 15 is 0 Å². The predicted octanol–water partition coefficient (Wildman–Crippen LogP) is 2.10. The maximum Gasteiger partial charge on any atom is 0.341 e. The molecular formula is C13H15F2NO4S. The largest absolute Gasteiger partial charge is 0.459 e. The van der Waals surface area contributed by atoms with Crippen molar-refractivity contribution in [3.63, 3.8) is 0 Å². The Bertz CT molecular complexity index is 654. The molecule has 0 aromatic heterocycles. The molecule has 0 heterocycles. The highest BCUT2D eigenvalue weighted by molar-refractivity contribution is 7.89. The van der Waals surface area contributed by atoms with Gasteiger partial charge in [0.2, 0.25) is 10.0 Å². The third-order valence-electron chi connectivity index (χ3n) is 3.36. The molecule has 1 aliphatic carbocycles. The minimum atomic E-state index is -4.47. The Morgan fingerprint density at radius 2 is 1.81 bits per heavy atom. The predicted molar refractivity (Wildman–Crippen MR) is 70.0 cm³/mol. The molecule has 5 nitrogen and oxygen atoms in total. The molecule has 2 rings (SSSR count). The standard InChI is InChI=1S/C13H15F2NO4S/c14-8-6-10(12(15)11(7-8)21(16,18)19)13(17)20-9-4-2-1-3-5-9/h6-7,9H,1-5H2,(H2,16,18,19). The molecule has 0 spiro atoms. The molecule has 0 atom stereocenters. The van der Waals surface area contributed by atoms with Gasteiger partial charge in [-0.1, -0.05) is 6.42 Å². The van der Waals surface area contributed by atoms with Crippen LogP contribution in [0.3, 0.4) is 0 Å². The molecule has 0 saturated heterocycles. The minimum absolute atomic E-state index is 0.355. The van der Waals surface area contributed by atoms with Crippen LogP contribution in [0.15, 0.2) is 17.0 Å². The molecule has 1 aromatic rings. The number of carbonyl (C=O) groups excluding carboxylic acids is 1. The van der Waals surface area contributed by atoms with Gasteiger partial charge in [-0.25, -0.2) is 27.1 Å². The van der Waals surface area contributed by atoms with Crippen molar-refractivity contribution in [1.82, 2.24) is 0 Å². The van der Waals surface area contributed by atoms with Gasteiger partial charge in [-0.3, -0.25) is 0 Å². The molecule has 0 unspecified atom stereocenters. The summed E-state index contributed by atoms with van der Waals surface area (Å²) in [7, 11) is -4.47. The Labute approximate surface area is 121 Å². The van der Waals surface area contributed by atoms with Crippen molar-refractivity contribution in [2.45, 2.75) is 43.1 Å². The molecule has 0 amide bonds. The van der Waals surface area contributed by atoms with Crippen LogP contribution in [0.25, 0.3) is 0 Å². The van der Waals surface area contributed by atoms with E-state index in [1.165, 1.54) is 0 Å². The van der Waals surface area contributed by atoms with Gasteiger partial charge in [-0.05, 0) is 37.8 Å². The first-order chi connectivity index (χ1) is 9.79. The van der Waals surface area contributed by atoms with Crippen LogP contribution in [0.1, 0.15) is 42.5 Å². The second kappa shape index (κ2) is 6.07. The van der Waals surface area contributed by atoms with Gasteiger partial charge < -0.3 is 4.74 Å². The van der Waals surface area contributed by atoms with Crippen LogP contribution in [0.4, 0.5) is 8.78 Å². The minimum Gasteiger partial charge on any atom is -0.459 e. The van der Waals surface area contributed by atoms with E-state index < -0.39 is 38.1 Å². The zero-order chi connectivity index (χ0) is 15.6. The summed E-state index contributed by atoms with van der Waals surface area (Å²) in [6.45, 7) is 0. The molecule has 0 radical (unpaired) electrons. The van der Waals surface area contributed by atoms with Crippen LogP contribution < -0.4 is 5.14 Å². The number of carbonyl (C=O) groups is 1. The lowest BCUT2D eigenvalue weighted by Crippen LogP contribution is -2.23. The highest BCUT2D eigenvalue weighted by atomic mass is 32.2. The smallest absolute Gasteiger partial charge is 0.341 e. The number of halogens is 2. The van der Waals surface area contributed by atoms with Crippen molar-refractivity contribution in [3.05, 3.63) is 29.3 Å². The highest BCUT2D eigenvalue weighted by Crippen LogP contribution is 2.24. The Balaban J connectivity index is 2.30. The Morgan fingerprint density at radius 1 is 1.19 bits per heavy atom. The fourth-order valence-corrected chi connectivity index (χ4v) is 2.95. The summed E-state index contributed by atoms with van der Waals surface area (Å²) in [5, 5.41) is 4.79. The van der Waals surface area contributed by atoms with Crippen LogP contribution in [0, 0.1) is 11.6 Å². The summed E-state index contributed by atoms with van der Waals surface area (Å²) in [5.41, 5.74) is -0.760. The molecule has 1 saturated carbocycles. The SMILES string of the molecule is NS(=O)(=O)c1cc(F)cc(C(=O)OC2CCCCC2)c1F. The van der Waals surface area contributed by atoms with Crippen molar-refractivity contribution in [2.24, 2.45) is 5.14 Å². The number of hydrogen-bond acceptors (Lipinski definition) is 4. The number of sulfonamides is 1. The van der Waals surface area contributed by atoms with Gasteiger partial charge in [-0.15, -0.1) is 0 Å². The number of primary sulfonamides is 1. The summed E-state index contributed by atoms with van der Waals surface area (Å²) in [6, 6.07) is 1.04. The third-order valence-corrected chi connectivity index (χ3v) is 4.27. The molecule has 0 bridgehead atoms. The van der Waals surface area contributed by atoms with Crippen molar-refractivity contribution in [2.75, 3.05) is 0 Å². The average Bonchev–Trinajstić information content (AvgIpc) is 2.40. The normalized spacial score (nSPS) is 16.7. The van der Waals surface area contributed by atoms with E-state index in [4.69, 9.17) is 9.88 Å². The van der Waals surface area contributed by atoms with Crippen LogP contribution in [0.2, 0.25) is 0 Å². The first kappa shape index (κ1) is 15.8. The van der Waals surface area contributed by atoms with Crippen LogP contribution in [-0.4, -0.2) is 20.5 Å². The first-order valence-electron chi connectivity index (χ1n) is 6.52. The maximum absolute atomic E-state index is 14.0. The summed E-state index contributed by atoms with van der Waals surface area (Å²) < 4.78 is 54.9. The van der Waals surface area contributed by atoms with Gasteiger partial charge in [0.05, 0.1) is 5.56 Å². The van der Waals surface area contributed by atoms with E-state index in [9.17, 15) is 22.0 Å². The number of esters is 1. The van der Waals surface area contributed by atoms with Gasteiger partial charge in [0, 0.05) is 0 Å². The van der Waals surface area contributed by atoms with E-state index in [0.717, 1.165) is 19.3 Å². The van der Waals surface area contributed by atoms with Crippen molar-refractivity contribution in [1.29, 1.82) is 0 Å². The van der Waals surface area contributed by atoms with Crippen molar-refractivity contribution < 1.29 is 26.7 Å². The molecule has 2 N–H and O–H groups in total. The molecule has 8 heteroatoms. The molecule has 116 valence electrons. The number of rotatable bonds is 3. The summed E-state index contributed by atoms with van der Waals surface area (Å²) >= 11 is 0. The van der Waals surface area contributed by atoms with E-state index in [2.05, 4.69) is 0 Å². The summed E-state index contributed by atoms with van der Waals surface area (Å²) in [5.74, 6) is -3.54. The maximum atomic E-state index is 14.0. The number of hydrogen-bond donors (Lipinski definition) is 1. The van der Waals surface area contributed by atoms with Crippen LogP contribution in [0.5, 0.6) is 0 Å². The quantitative estimate of drug-likeness (QED) is 0.864. The number of ether oxygens (including phenoxy) is 1. The first-order valence-corrected chi connectivity index (χ1v) is 8.06. The second-order valence-corrected chi connectivity index (χ2v) is 6.51. The van der Waals surface area contributed by atoms with Crippen molar-refractivity contribution in [3.8, 4) is 0 Å². The van der Waals surface area contributed by atoms with Crippen LogP contribution in [-0.2, 0) is 14.8 Å². The summed E-state index contributed by atoms with van der Waals surface area (Å²) in [4.78, 5) is 10.8. The molecular weight excluding hydrogens is 304 g/mol. The fourth-order valence-electron chi connectivity index (χ4n) is 2.32. The second-order valence-electron chi connectivity index (χ2n) is 4.98. The molecule has 1 fully saturated rings. The highest BCUT2D eigenvalue weighted by Gasteiger charge is 2.26. The van der Waals surface area contributed by atoms with Gasteiger partial charge >= 0.3 is 5.97 Å². The summed E-state index contributed by atoms with van der Waals surface area (Å²) in [6.07, 6.45) is 3.79. The molecule has 1 aromatic carbocycles. The van der Waals surface area contributed by atoms with Gasteiger partial charge in [0.25, 0.3) is 0 Å². The van der Waals surface area contributed by atoms with Gasteiger partial charge in [-0.2, -0.15) is 0 Å². The molecule has 1 aliphatic rings. The van der Waals surface area contributed by atoms with Crippen LogP contribution >= 0.6 is 0 Å². The Morgan fingerprint density at radius 3 is 2.38 bits per heavy atom. The lowest BCUT2D eigenvalue weighted by Gasteiger charge is -2.22. The monoisotopic (exact) mass is 319 g/mol. The van der Waals surface area contributed by atoms with Gasteiger partial charge in [0.1, 0.15) is 16.8 Å². The number of nitrogens with two attached hydrogens (primary N) is 1. The zero-order valence-electron chi connectivity index (χ0n) is 11.1. The van der Waals surface area contributed by atoms with E-state index in [1.807, 2.05) is 0 Å². The van der Waals surface area contributed by atoms with Crippen molar-refractivity contribution >= 4 is 16.0 Å². The number of benzene rings is 1. The molecule has 21 heavy (non-hydrogen) atoms. The van der Waals surface area contributed by atoms with E-state index in [-0.39, 0.29) is 6.10 Å². The lowest BCUT2D eigenvalue weighted by molar-refractivity contribution is 0.0205. The van der Waals surface area contributed by atoms with E-state index in [0.29, 0.717) is 25.0 Å². The van der Waals surface area contributed by atoms with E-state index in [1.54, 1.807) is 0 Å². The Kier molecular flexibility index (Phi) is 4.58. The third kappa shape index (κ3) is 3.76. The average molecular weight is 319 g/mol. The van der Waals surface area contributed by atoms with Gasteiger partial charge in [0.15, 0.2) is 5.82 Å².